The van der Waals surface area contributed by atoms with E-state index in [-0.39, 0.29) is 29.3 Å². The Labute approximate surface area is 247 Å². The van der Waals surface area contributed by atoms with Crippen LogP contribution in [0.1, 0.15) is 68.2 Å². The van der Waals surface area contributed by atoms with Gasteiger partial charge in [-0.1, -0.05) is 88.3 Å². The molecule has 8 atom stereocenters. The van der Waals surface area contributed by atoms with Gasteiger partial charge in [0.2, 0.25) is 5.76 Å². The van der Waals surface area contributed by atoms with Gasteiger partial charge < -0.3 is 24.4 Å². The van der Waals surface area contributed by atoms with E-state index in [0.717, 1.165) is 11.1 Å². The zero-order valence-electron chi connectivity index (χ0n) is 26.6. The van der Waals surface area contributed by atoms with E-state index >= 15 is 0 Å². The lowest BCUT2D eigenvalue weighted by molar-refractivity contribution is -0.161. The van der Waals surface area contributed by atoms with Crippen molar-refractivity contribution in [3.8, 4) is 0 Å². The topological polar surface area (TPSA) is 102 Å². The lowest BCUT2D eigenvalue weighted by Gasteiger charge is -2.33. The molecule has 230 valence electrons. The molecule has 0 aromatic rings. The van der Waals surface area contributed by atoms with E-state index in [4.69, 9.17) is 14.2 Å². The highest BCUT2D eigenvalue weighted by atomic mass is 16.6. The lowest BCUT2D eigenvalue weighted by Crippen LogP contribution is -2.44. The number of carbonyl (C=O) groups excluding carboxylic acids is 2. The molecule has 0 radical (unpaired) electrons. The number of cyclic esters (lactones) is 1. The van der Waals surface area contributed by atoms with Crippen molar-refractivity contribution in [1.29, 1.82) is 0 Å². The molecular formula is C34H52O7. The van der Waals surface area contributed by atoms with Gasteiger partial charge in [-0.15, -0.1) is 0 Å². The Morgan fingerprint density at radius 2 is 1.88 bits per heavy atom. The van der Waals surface area contributed by atoms with Crippen LogP contribution in [0.5, 0.6) is 0 Å². The molecule has 0 aromatic heterocycles. The van der Waals surface area contributed by atoms with Crippen LogP contribution in [0.2, 0.25) is 0 Å². The van der Waals surface area contributed by atoms with Crippen LogP contribution < -0.4 is 0 Å². The van der Waals surface area contributed by atoms with E-state index in [9.17, 15) is 19.8 Å². The number of ether oxygens (including phenoxy) is 3. The Kier molecular flexibility index (Phi) is 15.9. The second-order valence-electron chi connectivity index (χ2n) is 11.3. The predicted octanol–water partition coefficient (Wildman–Crippen LogP) is 6.04. The van der Waals surface area contributed by atoms with Crippen molar-refractivity contribution in [3.63, 3.8) is 0 Å². The van der Waals surface area contributed by atoms with Crippen molar-refractivity contribution in [2.45, 2.75) is 92.6 Å². The molecule has 41 heavy (non-hydrogen) atoms. The highest BCUT2D eigenvalue weighted by Crippen LogP contribution is 2.27. The van der Waals surface area contributed by atoms with Gasteiger partial charge in [-0.3, -0.25) is 4.79 Å². The van der Waals surface area contributed by atoms with Gasteiger partial charge in [0, 0.05) is 31.3 Å². The Bertz CT molecular complexity index is 1050. The number of hydrogen-bond donors (Lipinski definition) is 2. The molecule has 1 rings (SSSR count). The van der Waals surface area contributed by atoms with E-state index in [2.05, 4.69) is 0 Å². The number of aliphatic hydroxyl groups is 2. The maximum atomic E-state index is 13.3. The first-order valence-electron chi connectivity index (χ1n) is 14.5. The first kappa shape index (κ1) is 36.3. The SMILES string of the molecule is CCC(=O)/C(C)=C\C=C\[C@@H](C)[C@H](O)[C@H](C)[C@H]1OC(=O)/C(OC)=C/C(C)=C/[C@@H](C)[C@@H](O)[C@H](C)C/C(C)=C/C=C/[C@@H]1OC. The number of aliphatic hydroxyl groups excluding tert-OH is 2. The molecule has 1 aliphatic heterocycles. The summed E-state index contributed by atoms with van der Waals surface area (Å²) in [4.78, 5) is 25.2. The van der Waals surface area contributed by atoms with Crippen molar-refractivity contribution in [3.05, 3.63) is 71.1 Å². The highest BCUT2D eigenvalue weighted by molar-refractivity contribution is 5.94. The predicted molar refractivity (Wildman–Crippen MR) is 164 cm³/mol. The maximum absolute atomic E-state index is 13.3. The third kappa shape index (κ3) is 11.6. The molecule has 0 aliphatic carbocycles. The molecule has 0 spiro atoms. The molecule has 1 heterocycles. The second-order valence-corrected chi connectivity index (χ2v) is 11.3. The van der Waals surface area contributed by atoms with Crippen LogP contribution in [-0.2, 0) is 23.8 Å². The molecule has 0 saturated heterocycles. The van der Waals surface area contributed by atoms with E-state index in [1.54, 1.807) is 25.2 Å². The van der Waals surface area contributed by atoms with E-state index in [1.807, 2.05) is 78.8 Å². The number of ketones is 1. The number of hydrogen-bond acceptors (Lipinski definition) is 7. The Hall–Kier alpha value is -2.74. The van der Waals surface area contributed by atoms with Crippen LogP contribution in [0.3, 0.4) is 0 Å². The summed E-state index contributed by atoms with van der Waals surface area (Å²) in [6.07, 6.45) is 12.7. The quantitative estimate of drug-likeness (QED) is 0.197. The van der Waals surface area contributed by atoms with Gasteiger partial charge in [0.15, 0.2) is 5.78 Å². The third-order valence-electron chi connectivity index (χ3n) is 7.71. The standard InChI is InChI=1S/C34H52O7/c1-11-28(35)23(4)15-13-16-24(5)32(37)27(8)33-29(39-9)17-12-14-21(2)18-25(6)31(36)26(7)19-22(3)20-30(40-10)34(38)41-33/h12-17,19-20,24-27,29,31-33,36-37H,11,18H2,1-10H3/b16-13+,17-12+,21-14+,22-19+,23-15-,30-20-/t24-,25-,26-,27+,29+,31+,32+,33-/m1/s1. The van der Waals surface area contributed by atoms with Crippen LogP contribution in [-0.4, -0.2) is 60.6 Å². The van der Waals surface area contributed by atoms with Gasteiger partial charge in [-0.2, -0.15) is 0 Å². The fourth-order valence-corrected chi connectivity index (χ4v) is 5.02. The summed E-state index contributed by atoms with van der Waals surface area (Å²) in [6, 6.07) is 0. The van der Waals surface area contributed by atoms with E-state index < -0.39 is 36.3 Å². The van der Waals surface area contributed by atoms with Gasteiger partial charge >= 0.3 is 5.97 Å². The molecule has 1 aliphatic rings. The largest absolute Gasteiger partial charge is 0.490 e. The number of allylic oxidation sites excluding steroid dienone is 8. The third-order valence-corrected chi connectivity index (χ3v) is 7.71. The number of methoxy groups -OCH3 is 2. The fraction of sp³-hybridized carbons (Fsp3) is 0.588. The minimum Gasteiger partial charge on any atom is -0.490 e. The monoisotopic (exact) mass is 572 g/mol. The summed E-state index contributed by atoms with van der Waals surface area (Å²) in [6.45, 7) is 15.1. The molecule has 7 heteroatoms. The first-order valence-corrected chi connectivity index (χ1v) is 14.5. The average molecular weight is 573 g/mol. The Morgan fingerprint density at radius 1 is 1.22 bits per heavy atom. The highest BCUT2D eigenvalue weighted by Gasteiger charge is 2.36. The molecule has 0 amide bonds. The Balaban J connectivity index is 3.47. The van der Waals surface area contributed by atoms with Crippen LogP contribution in [0.4, 0.5) is 0 Å². The van der Waals surface area contributed by atoms with Gasteiger partial charge in [-0.25, -0.2) is 4.79 Å². The van der Waals surface area contributed by atoms with Gasteiger partial charge in [0.1, 0.15) is 12.2 Å². The minimum atomic E-state index is -0.881. The van der Waals surface area contributed by atoms with Crippen molar-refractivity contribution in [1.82, 2.24) is 0 Å². The Morgan fingerprint density at radius 3 is 2.46 bits per heavy atom. The van der Waals surface area contributed by atoms with E-state index in [1.165, 1.54) is 14.2 Å². The lowest BCUT2D eigenvalue weighted by atomic mass is 9.86. The summed E-state index contributed by atoms with van der Waals surface area (Å²) < 4.78 is 17.1. The van der Waals surface area contributed by atoms with Crippen molar-refractivity contribution < 1.29 is 34.0 Å². The summed E-state index contributed by atoms with van der Waals surface area (Å²) in [5.41, 5.74) is 2.50. The number of rotatable bonds is 9. The van der Waals surface area contributed by atoms with Gasteiger partial charge in [-0.05, 0) is 44.8 Å². The second kappa shape index (κ2) is 17.9. The van der Waals surface area contributed by atoms with Crippen LogP contribution >= 0.6 is 0 Å². The maximum Gasteiger partial charge on any atom is 0.373 e. The summed E-state index contributed by atoms with van der Waals surface area (Å²) in [5, 5.41) is 22.1. The van der Waals surface area contributed by atoms with Crippen LogP contribution in [0.25, 0.3) is 0 Å². The molecule has 0 saturated carbocycles. The number of carbonyl (C=O) groups is 2. The van der Waals surface area contributed by atoms with E-state index in [0.29, 0.717) is 18.4 Å². The molecule has 0 aromatic carbocycles. The molecule has 2 N–H and O–H groups in total. The molecular weight excluding hydrogens is 520 g/mol. The summed E-state index contributed by atoms with van der Waals surface area (Å²) in [7, 11) is 2.94. The van der Waals surface area contributed by atoms with Crippen molar-refractivity contribution in [2.24, 2.45) is 23.7 Å². The normalized spacial score (nSPS) is 32.4. The number of esters is 1. The summed E-state index contributed by atoms with van der Waals surface area (Å²) >= 11 is 0. The zero-order chi connectivity index (χ0) is 31.3. The van der Waals surface area contributed by atoms with Crippen LogP contribution in [0, 0.1) is 23.7 Å². The number of Topliss-reactive ketones (excluding diaryl/α,β-unsaturated/α-hetero) is 1. The molecule has 7 nitrogen and oxygen atoms in total. The first-order chi connectivity index (χ1) is 19.3. The van der Waals surface area contributed by atoms with Crippen molar-refractivity contribution >= 4 is 11.8 Å². The summed E-state index contributed by atoms with van der Waals surface area (Å²) in [5.74, 6) is -1.54. The van der Waals surface area contributed by atoms with Gasteiger partial charge in [0.05, 0.1) is 19.3 Å². The van der Waals surface area contributed by atoms with Crippen LogP contribution in [0.15, 0.2) is 71.1 Å². The smallest absolute Gasteiger partial charge is 0.373 e. The average Bonchev–Trinajstić information content (AvgIpc) is 2.94. The molecule has 0 unspecified atom stereocenters. The zero-order valence-corrected chi connectivity index (χ0v) is 26.6. The minimum absolute atomic E-state index is 0.0102. The molecule has 0 fully saturated rings. The fourth-order valence-electron chi connectivity index (χ4n) is 5.02. The van der Waals surface area contributed by atoms with Gasteiger partial charge in [0.25, 0.3) is 0 Å². The van der Waals surface area contributed by atoms with Crippen molar-refractivity contribution in [2.75, 3.05) is 14.2 Å². The molecule has 0 bridgehead atoms.